The Hall–Kier alpha value is -2.81. The van der Waals surface area contributed by atoms with E-state index in [1.165, 1.54) is 0 Å². The van der Waals surface area contributed by atoms with Crippen molar-refractivity contribution < 1.29 is 4.42 Å². The maximum atomic E-state index is 5.92. The molecule has 0 saturated carbocycles. The number of nitrogens with one attached hydrogen (secondary N) is 1. The van der Waals surface area contributed by atoms with E-state index in [9.17, 15) is 0 Å². The van der Waals surface area contributed by atoms with Crippen LogP contribution in [0.5, 0.6) is 0 Å². The van der Waals surface area contributed by atoms with Gasteiger partial charge in [0.15, 0.2) is 28.6 Å². The molecule has 0 unspecified atom stereocenters. The highest BCUT2D eigenvalue weighted by molar-refractivity contribution is 5.84. The summed E-state index contributed by atoms with van der Waals surface area (Å²) in [5, 5.41) is 0. The second-order valence-electron chi connectivity index (χ2n) is 4.60. The lowest BCUT2D eigenvalue weighted by Gasteiger charge is -1.94. The molecule has 6 nitrogen and oxygen atoms in total. The fraction of sp³-hybridized carbons (Fsp3) is 0.267. The molecule has 3 rings (SSSR count). The van der Waals surface area contributed by atoms with Crippen LogP contribution in [0.1, 0.15) is 32.0 Å². The summed E-state index contributed by atoms with van der Waals surface area (Å²) in [5.41, 5.74) is 7.01. The van der Waals surface area contributed by atoms with Gasteiger partial charge in [0.25, 0.3) is 0 Å². The number of nitrogens with zero attached hydrogens (tertiary/aromatic N) is 3. The molecule has 0 atom stereocenters. The van der Waals surface area contributed by atoms with Crippen molar-refractivity contribution in [2.45, 2.75) is 26.2 Å². The molecule has 3 heterocycles. The van der Waals surface area contributed by atoms with Crippen LogP contribution < -0.4 is 5.73 Å². The lowest BCUT2D eigenvalue weighted by molar-refractivity contribution is 0.578. The molecule has 0 saturated heterocycles. The average Bonchev–Trinajstić information content (AvgIpc) is 3.12. The van der Waals surface area contributed by atoms with Crippen LogP contribution in [-0.4, -0.2) is 19.9 Å². The van der Waals surface area contributed by atoms with Crippen LogP contribution in [0.15, 0.2) is 22.8 Å². The SMILES string of the molecule is CCCCC#Cc1nc(N)c2nc(-c3ccco3)[nH]c2n1. The molecule has 0 amide bonds. The van der Waals surface area contributed by atoms with Crippen molar-refractivity contribution in [2.24, 2.45) is 0 Å². The van der Waals surface area contributed by atoms with Crippen molar-refractivity contribution in [2.75, 3.05) is 5.73 Å². The predicted molar refractivity (Wildman–Crippen MR) is 80.2 cm³/mol. The fourth-order valence-electron chi connectivity index (χ4n) is 1.91. The Labute approximate surface area is 121 Å². The average molecular weight is 281 g/mol. The molecule has 0 aromatic carbocycles. The number of hydrogen-bond acceptors (Lipinski definition) is 5. The third-order valence-corrected chi connectivity index (χ3v) is 2.98. The first-order valence-electron chi connectivity index (χ1n) is 6.84. The zero-order valence-electron chi connectivity index (χ0n) is 11.7. The van der Waals surface area contributed by atoms with Crippen LogP contribution in [0.4, 0.5) is 5.82 Å². The van der Waals surface area contributed by atoms with Gasteiger partial charge in [0.05, 0.1) is 6.26 Å². The van der Waals surface area contributed by atoms with Gasteiger partial charge >= 0.3 is 0 Å². The summed E-state index contributed by atoms with van der Waals surface area (Å²) in [6.45, 7) is 2.13. The molecular formula is C15H15N5O. The van der Waals surface area contributed by atoms with Gasteiger partial charge in [0.1, 0.15) is 0 Å². The van der Waals surface area contributed by atoms with Crippen LogP contribution in [0.25, 0.3) is 22.7 Å². The standard InChI is InChI=1S/C15H15N5O/c1-2-3-4-5-8-11-17-13(16)12-15(18-11)20-14(19-12)10-7-6-9-21-10/h6-7,9H,2-4H2,1H3,(H3,16,17,18,19,20). The highest BCUT2D eigenvalue weighted by Gasteiger charge is 2.12. The monoisotopic (exact) mass is 281 g/mol. The summed E-state index contributed by atoms with van der Waals surface area (Å²) in [5.74, 6) is 7.90. The van der Waals surface area contributed by atoms with Crippen LogP contribution in [0.2, 0.25) is 0 Å². The molecule has 0 aliphatic rings. The summed E-state index contributed by atoms with van der Waals surface area (Å²) in [4.78, 5) is 15.9. The molecule has 21 heavy (non-hydrogen) atoms. The quantitative estimate of drug-likeness (QED) is 0.568. The zero-order chi connectivity index (χ0) is 14.7. The van der Waals surface area contributed by atoms with E-state index in [0.717, 1.165) is 19.3 Å². The van der Waals surface area contributed by atoms with Gasteiger partial charge in [-0.05, 0) is 24.5 Å². The molecule has 0 radical (unpaired) electrons. The Morgan fingerprint density at radius 1 is 1.33 bits per heavy atom. The highest BCUT2D eigenvalue weighted by atomic mass is 16.3. The van der Waals surface area contributed by atoms with Crippen molar-refractivity contribution >= 4 is 17.0 Å². The van der Waals surface area contributed by atoms with E-state index in [-0.39, 0.29) is 0 Å². The normalized spacial score (nSPS) is 10.5. The molecule has 0 spiro atoms. The van der Waals surface area contributed by atoms with Crippen molar-refractivity contribution in [3.05, 3.63) is 24.2 Å². The van der Waals surface area contributed by atoms with Crippen LogP contribution in [-0.2, 0) is 0 Å². The van der Waals surface area contributed by atoms with Gasteiger partial charge < -0.3 is 15.1 Å². The molecule has 3 N–H and O–H groups in total. The highest BCUT2D eigenvalue weighted by Crippen LogP contribution is 2.22. The minimum Gasteiger partial charge on any atom is -0.461 e. The molecule has 3 aromatic rings. The maximum absolute atomic E-state index is 5.92. The van der Waals surface area contributed by atoms with Gasteiger partial charge in [-0.3, -0.25) is 0 Å². The first-order valence-corrected chi connectivity index (χ1v) is 6.84. The third kappa shape index (κ3) is 2.72. The molecule has 3 aromatic heterocycles. The van der Waals surface area contributed by atoms with Crippen molar-refractivity contribution in [1.29, 1.82) is 0 Å². The van der Waals surface area contributed by atoms with E-state index in [1.807, 2.05) is 6.07 Å². The number of H-pyrrole nitrogens is 1. The van der Waals surface area contributed by atoms with Gasteiger partial charge in [-0.15, -0.1) is 0 Å². The maximum Gasteiger partial charge on any atom is 0.208 e. The van der Waals surface area contributed by atoms with E-state index in [4.69, 9.17) is 10.2 Å². The third-order valence-electron chi connectivity index (χ3n) is 2.98. The molecular weight excluding hydrogens is 266 g/mol. The van der Waals surface area contributed by atoms with Gasteiger partial charge in [-0.2, -0.15) is 0 Å². The smallest absolute Gasteiger partial charge is 0.208 e. The molecule has 0 bridgehead atoms. The lowest BCUT2D eigenvalue weighted by atomic mass is 10.2. The molecule has 106 valence electrons. The van der Waals surface area contributed by atoms with Gasteiger partial charge in [0.2, 0.25) is 5.82 Å². The minimum atomic E-state index is 0.314. The van der Waals surface area contributed by atoms with E-state index >= 15 is 0 Å². The summed E-state index contributed by atoms with van der Waals surface area (Å²) in [7, 11) is 0. The molecule has 6 heteroatoms. The zero-order valence-corrected chi connectivity index (χ0v) is 11.7. The Morgan fingerprint density at radius 3 is 3.00 bits per heavy atom. The number of imidazole rings is 1. The van der Waals surface area contributed by atoms with E-state index in [2.05, 4.69) is 38.7 Å². The number of nitrogen functional groups attached to an aromatic ring is 1. The predicted octanol–water partition coefficient (Wildman–Crippen LogP) is 2.74. The molecule has 0 fully saturated rings. The number of fused-ring (bicyclic) bond motifs is 1. The van der Waals surface area contributed by atoms with Gasteiger partial charge in [0, 0.05) is 6.42 Å². The number of anilines is 1. The largest absolute Gasteiger partial charge is 0.461 e. The Balaban J connectivity index is 1.97. The first kappa shape index (κ1) is 13.2. The summed E-state index contributed by atoms with van der Waals surface area (Å²) in [6, 6.07) is 3.61. The Bertz CT molecular complexity index is 808. The Kier molecular flexibility index (Phi) is 3.56. The second-order valence-corrected chi connectivity index (χ2v) is 4.60. The number of furan rings is 1. The summed E-state index contributed by atoms with van der Waals surface area (Å²) < 4.78 is 5.30. The number of unbranched alkanes of at least 4 members (excludes halogenated alkanes) is 2. The van der Waals surface area contributed by atoms with Crippen molar-refractivity contribution in [3.63, 3.8) is 0 Å². The topological polar surface area (TPSA) is 93.6 Å². The summed E-state index contributed by atoms with van der Waals surface area (Å²) >= 11 is 0. The van der Waals surface area contributed by atoms with Crippen molar-refractivity contribution in [1.82, 2.24) is 19.9 Å². The van der Waals surface area contributed by atoms with Crippen molar-refractivity contribution in [3.8, 4) is 23.4 Å². The van der Waals surface area contributed by atoms with E-state index in [0.29, 0.717) is 34.4 Å². The first-order chi connectivity index (χ1) is 10.3. The van der Waals surface area contributed by atoms with E-state index in [1.54, 1.807) is 12.3 Å². The number of aromatic nitrogens is 4. The van der Waals surface area contributed by atoms with Gasteiger partial charge in [-0.25, -0.2) is 15.0 Å². The Morgan fingerprint density at radius 2 is 2.24 bits per heavy atom. The lowest BCUT2D eigenvalue weighted by Crippen LogP contribution is -1.97. The van der Waals surface area contributed by atoms with Crippen LogP contribution in [0.3, 0.4) is 0 Å². The molecule has 0 aliphatic heterocycles. The fourth-order valence-corrected chi connectivity index (χ4v) is 1.91. The minimum absolute atomic E-state index is 0.314. The number of nitrogens with two attached hydrogens (primary N) is 1. The number of rotatable bonds is 3. The number of aromatic amines is 1. The van der Waals surface area contributed by atoms with Crippen LogP contribution in [0, 0.1) is 11.8 Å². The second kappa shape index (κ2) is 5.67. The van der Waals surface area contributed by atoms with E-state index < -0.39 is 0 Å². The number of hydrogen-bond donors (Lipinski definition) is 2. The van der Waals surface area contributed by atoms with Gasteiger partial charge in [-0.1, -0.05) is 19.3 Å². The summed E-state index contributed by atoms with van der Waals surface area (Å²) in [6.07, 6.45) is 4.60. The van der Waals surface area contributed by atoms with Crippen LogP contribution >= 0.6 is 0 Å². The molecule has 0 aliphatic carbocycles.